The van der Waals surface area contributed by atoms with Gasteiger partial charge in [-0.05, 0) is 6.26 Å². The highest BCUT2D eigenvalue weighted by Gasteiger charge is 2.16. The van der Waals surface area contributed by atoms with Crippen molar-refractivity contribution in [2.75, 3.05) is 19.3 Å². The number of aromatic nitrogens is 1. The average molecular weight is 228 g/mol. The molecule has 2 N–H and O–H groups in total. The normalized spacial score (nSPS) is 9.73. The molecule has 1 aromatic rings. The summed E-state index contributed by atoms with van der Waals surface area (Å²) in [7, 11) is 1.49. The molecule has 1 heterocycles. The molecule has 0 fully saturated rings. The maximum absolute atomic E-state index is 11.1. The number of thioether (sulfide) groups is 1. The predicted molar refractivity (Wildman–Crippen MR) is 58.3 cm³/mol. The van der Waals surface area contributed by atoms with Crippen LogP contribution in [0, 0.1) is 0 Å². The molecule has 0 spiro atoms. The fourth-order valence-electron chi connectivity index (χ4n) is 1.02. The van der Waals surface area contributed by atoms with Crippen LogP contribution in [0.25, 0.3) is 0 Å². The van der Waals surface area contributed by atoms with E-state index in [-0.39, 0.29) is 5.69 Å². The summed E-state index contributed by atoms with van der Waals surface area (Å²) in [5, 5.41) is 0. The molecule has 6 heteroatoms. The van der Waals surface area contributed by atoms with Gasteiger partial charge in [0.25, 0.3) is 5.91 Å². The number of carbonyl (C=O) groups is 1. The van der Waals surface area contributed by atoms with Gasteiger partial charge < -0.3 is 15.2 Å². The zero-order chi connectivity index (χ0) is 11.3. The number of pyridine rings is 1. The molecule has 5 nitrogen and oxygen atoms in total. The first-order valence-electron chi connectivity index (χ1n) is 4.15. The number of carbonyl (C=O) groups excluding carboxylic acids is 1. The van der Waals surface area contributed by atoms with E-state index in [9.17, 15) is 4.79 Å². The molecule has 15 heavy (non-hydrogen) atoms. The number of ether oxygens (including phenoxy) is 2. The molecule has 0 bridgehead atoms. The van der Waals surface area contributed by atoms with Crippen molar-refractivity contribution in [3.05, 3.63) is 18.0 Å². The number of nitrogens with two attached hydrogens (primary N) is 1. The van der Waals surface area contributed by atoms with E-state index >= 15 is 0 Å². The summed E-state index contributed by atoms with van der Waals surface area (Å²) in [6.07, 6.45) is 3.33. The molecule has 0 aliphatic heterocycles. The lowest BCUT2D eigenvalue weighted by Crippen LogP contribution is -2.15. The Labute approximate surface area is 92.0 Å². The van der Waals surface area contributed by atoms with Crippen molar-refractivity contribution in [2.24, 2.45) is 5.73 Å². The lowest BCUT2D eigenvalue weighted by molar-refractivity contribution is 0.0991. The minimum absolute atomic E-state index is 0.0865. The molecule has 1 rings (SSSR count). The molecule has 0 aliphatic carbocycles. The van der Waals surface area contributed by atoms with Crippen molar-refractivity contribution >= 4 is 17.7 Å². The summed E-state index contributed by atoms with van der Waals surface area (Å²) in [4.78, 5) is 14.9. The smallest absolute Gasteiger partial charge is 0.271 e. The van der Waals surface area contributed by atoms with Crippen molar-refractivity contribution in [1.29, 1.82) is 0 Å². The number of hydrogen-bond donors (Lipinski definition) is 1. The Morgan fingerprint density at radius 2 is 2.40 bits per heavy atom. The van der Waals surface area contributed by atoms with Crippen LogP contribution in [0.1, 0.15) is 10.5 Å². The second-order valence-electron chi connectivity index (χ2n) is 2.61. The van der Waals surface area contributed by atoms with Crippen molar-refractivity contribution in [3.63, 3.8) is 0 Å². The molecular weight excluding hydrogens is 216 g/mol. The highest BCUT2D eigenvalue weighted by atomic mass is 32.2. The highest BCUT2D eigenvalue weighted by molar-refractivity contribution is 7.98. The van der Waals surface area contributed by atoms with E-state index in [0.29, 0.717) is 17.4 Å². The topological polar surface area (TPSA) is 74.4 Å². The van der Waals surface area contributed by atoms with Gasteiger partial charge in [0.1, 0.15) is 5.94 Å². The molecule has 0 radical (unpaired) electrons. The van der Waals surface area contributed by atoms with E-state index in [1.165, 1.54) is 25.1 Å². The Kier molecular flexibility index (Phi) is 4.23. The van der Waals surface area contributed by atoms with Crippen LogP contribution in [-0.4, -0.2) is 30.2 Å². The monoisotopic (exact) mass is 228 g/mol. The Morgan fingerprint density at radius 3 is 2.93 bits per heavy atom. The molecular formula is C9H12N2O3S. The zero-order valence-corrected chi connectivity index (χ0v) is 9.34. The zero-order valence-electron chi connectivity index (χ0n) is 8.52. The van der Waals surface area contributed by atoms with Gasteiger partial charge in [-0.15, -0.1) is 11.8 Å². The maximum atomic E-state index is 11.1. The van der Waals surface area contributed by atoms with Crippen LogP contribution in [0.5, 0.6) is 11.5 Å². The number of primary amides is 1. The third-order valence-electron chi connectivity index (χ3n) is 1.64. The highest BCUT2D eigenvalue weighted by Crippen LogP contribution is 2.29. The summed E-state index contributed by atoms with van der Waals surface area (Å²) in [6.45, 7) is 0. The van der Waals surface area contributed by atoms with Crippen LogP contribution >= 0.6 is 11.8 Å². The van der Waals surface area contributed by atoms with Crippen LogP contribution in [0.2, 0.25) is 0 Å². The van der Waals surface area contributed by atoms with Gasteiger partial charge in [0.15, 0.2) is 17.2 Å². The number of methoxy groups -OCH3 is 1. The van der Waals surface area contributed by atoms with Crippen LogP contribution in [0.4, 0.5) is 0 Å². The van der Waals surface area contributed by atoms with Gasteiger partial charge in [0.05, 0.1) is 7.11 Å². The van der Waals surface area contributed by atoms with E-state index in [0.717, 1.165) is 0 Å². The van der Waals surface area contributed by atoms with Crippen molar-refractivity contribution in [2.45, 2.75) is 0 Å². The summed E-state index contributed by atoms with van der Waals surface area (Å²) in [5.74, 6) is 0.516. The van der Waals surface area contributed by atoms with Gasteiger partial charge in [0.2, 0.25) is 0 Å². The molecule has 82 valence electrons. The maximum Gasteiger partial charge on any atom is 0.271 e. The van der Waals surface area contributed by atoms with Crippen LogP contribution in [0.3, 0.4) is 0 Å². The molecule has 0 aromatic carbocycles. The Balaban J connectivity index is 3.08. The van der Waals surface area contributed by atoms with E-state index in [2.05, 4.69) is 4.98 Å². The minimum atomic E-state index is -0.634. The fourth-order valence-corrected chi connectivity index (χ4v) is 1.26. The quantitative estimate of drug-likeness (QED) is 0.757. The standard InChI is InChI=1S/C9H12N2O3S/c1-13-6-3-4-11-7(9(10)12)8(6)14-5-15-2/h3-4H,5H2,1-2H3,(H2,10,12). The number of rotatable bonds is 5. The van der Waals surface area contributed by atoms with Gasteiger partial charge >= 0.3 is 0 Å². The molecule has 0 saturated carbocycles. The molecule has 0 unspecified atom stereocenters. The molecule has 0 aliphatic rings. The van der Waals surface area contributed by atoms with Crippen molar-refractivity contribution < 1.29 is 14.3 Å². The van der Waals surface area contributed by atoms with Crippen LogP contribution in [0.15, 0.2) is 12.3 Å². The average Bonchev–Trinajstić information content (AvgIpc) is 2.25. The largest absolute Gasteiger partial charge is 0.493 e. The van der Waals surface area contributed by atoms with Gasteiger partial charge in [-0.3, -0.25) is 4.79 Å². The van der Waals surface area contributed by atoms with E-state index in [1.807, 2.05) is 6.26 Å². The Hall–Kier alpha value is -1.43. The number of nitrogens with zero attached hydrogens (tertiary/aromatic N) is 1. The summed E-state index contributed by atoms with van der Waals surface area (Å²) in [5.41, 5.74) is 5.25. The van der Waals surface area contributed by atoms with Crippen molar-refractivity contribution in [1.82, 2.24) is 4.98 Å². The first-order chi connectivity index (χ1) is 7.20. The minimum Gasteiger partial charge on any atom is -0.493 e. The number of amides is 1. The van der Waals surface area contributed by atoms with Gasteiger partial charge in [-0.2, -0.15) is 0 Å². The van der Waals surface area contributed by atoms with E-state index < -0.39 is 5.91 Å². The van der Waals surface area contributed by atoms with Crippen LogP contribution < -0.4 is 15.2 Å². The van der Waals surface area contributed by atoms with Crippen molar-refractivity contribution in [3.8, 4) is 11.5 Å². The summed E-state index contributed by atoms with van der Waals surface area (Å²) < 4.78 is 10.4. The third kappa shape index (κ3) is 2.76. The first-order valence-corrected chi connectivity index (χ1v) is 5.54. The van der Waals surface area contributed by atoms with E-state index in [1.54, 1.807) is 6.07 Å². The predicted octanol–water partition coefficient (Wildman–Crippen LogP) is 0.888. The summed E-state index contributed by atoms with van der Waals surface area (Å²) >= 11 is 1.48. The summed E-state index contributed by atoms with van der Waals surface area (Å²) in [6, 6.07) is 1.61. The second kappa shape index (κ2) is 5.45. The van der Waals surface area contributed by atoms with Gasteiger partial charge in [0, 0.05) is 12.3 Å². The van der Waals surface area contributed by atoms with Crippen LogP contribution in [-0.2, 0) is 0 Å². The van der Waals surface area contributed by atoms with Gasteiger partial charge in [-0.1, -0.05) is 0 Å². The Morgan fingerprint density at radius 1 is 1.67 bits per heavy atom. The number of hydrogen-bond acceptors (Lipinski definition) is 5. The Bertz CT molecular complexity index is 357. The SMILES string of the molecule is COc1ccnc(C(N)=O)c1OCSC. The molecule has 1 amide bonds. The molecule has 1 aromatic heterocycles. The molecule has 0 atom stereocenters. The lowest BCUT2D eigenvalue weighted by atomic mass is 10.3. The van der Waals surface area contributed by atoms with E-state index in [4.69, 9.17) is 15.2 Å². The lowest BCUT2D eigenvalue weighted by Gasteiger charge is -2.11. The molecule has 0 saturated heterocycles. The fraction of sp³-hybridized carbons (Fsp3) is 0.333. The first kappa shape index (κ1) is 11.6. The second-order valence-corrected chi connectivity index (χ2v) is 3.42. The third-order valence-corrected chi connectivity index (χ3v) is 2.00. The van der Waals surface area contributed by atoms with Gasteiger partial charge in [-0.25, -0.2) is 4.98 Å².